The van der Waals surface area contributed by atoms with Crippen molar-refractivity contribution in [3.63, 3.8) is 0 Å². The Morgan fingerprint density at radius 3 is 2.62 bits per heavy atom. The number of hydrogen-bond acceptors (Lipinski definition) is 2. The molecule has 0 N–H and O–H groups in total. The molecule has 1 saturated heterocycles. The fourth-order valence-electron chi connectivity index (χ4n) is 2.00. The Bertz CT molecular complexity index is 377. The zero-order valence-corrected chi connectivity index (χ0v) is 10.0. The minimum Gasteiger partial charge on any atom is -0.458 e. The number of hydrogen-bond donors (Lipinski definition) is 0. The smallest absolute Gasteiger partial charge is 0.331 e. The van der Waals surface area contributed by atoms with Crippen LogP contribution < -0.4 is 0 Å². The second-order valence-electron chi connectivity index (χ2n) is 4.13. The molecular weight excluding hydrogens is 224 g/mol. The van der Waals surface area contributed by atoms with E-state index in [4.69, 9.17) is 16.3 Å². The Morgan fingerprint density at radius 2 is 2.06 bits per heavy atom. The number of esters is 1. The highest BCUT2D eigenvalue weighted by Gasteiger charge is 2.55. The lowest BCUT2D eigenvalue weighted by Crippen LogP contribution is -2.58. The molecule has 2 nitrogen and oxygen atoms in total. The molecule has 1 aliphatic heterocycles. The Morgan fingerprint density at radius 1 is 1.38 bits per heavy atom. The van der Waals surface area contributed by atoms with Crippen molar-refractivity contribution >= 4 is 17.6 Å². The number of carbonyl (C=O) groups excluding carboxylic acids is 1. The zero-order valence-electron chi connectivity index (χ0n) is 9.28. The summed E-state index contributed by atoms with van der Waals surface area (Å²) in [6.45, 7) is 1.92. The first kappa shape index (κ1) is 11.5. The highest BCUT2D eigenvalue weighted by Crippen LogP contribution is 2.39. The molecule has 2 atom stereocenters. The van der Waals surface area contributed by atoms with Crippen molar-refractivity contribution in [1.29, 1.82) is 0 Å². The summed E-state index contributed by atoms with van der Waals surface area (Å²) in [5.74, 6) is -0.269. The minimum atomic E-state index is -0.769. The van der Waals surface area contributed by atoms with Gasteiger partial charge in [-0.3, -0.25) is 0 Å². The minimum absolute atomic E-state index is 0.133. The van der Waals surface area contributed by atoms with Crippen LogP contribution in [-0.2, 0) is 16.0 Å². The van der Waals surface area contributed by atoms with Gasteiger partial charge in [-0.05, 0) is 24.8 Å². The molecule has 1 aliphatic rings. The van der Waals surface area contributed by atoms with E-state index in [2.05, 4.69) is 12.1 Å². The molecular formula is C13H15ClO2. The number of carbonyl (C=O) groups is 1. The molecule has 1 fully saturated rings. The molecule has 86 valence electrons. The molecule has 0 radical (unpaired) electrons. The molecule has 2 rings (SSSR count). The fraction of sp³-hybridized carbons (Fsp3) is 0.462. The van der Waals surface area contributed by atoms with Gasteiger partial charge >= 0.3 is 5.97 Å². The molecule has 0 aromatic heterocycles. The second-order valence-corrected chi connectivity index (χ2v) is 4.81. The van der Waals surface area contributed by atoms with Crippen LogP contribution in [0.4, 0.5) is 0 Å². The standard InChI is InChI=1S/C13H15ClO2/c1-2-13(14)11(16-12(13)15)9-8-10-6-4-3-5-7-10/h3-7,11H,2,8-9H2,1H3/t11-,13-/m0/s1. The van der Waals surface area contributed by atoms with E-state index in [0.717, 1.165) is 12.8 Å². The number of benzene rings is 1. The van der Waals surface area contributed by atoms with Gasteiger partial charge in [-0.25, -0.2) is 4.79 Å². The van der Waals surface area contributed by atoms with Gasteiger partial charge in [0.25, 0.3) is 0 Å². The number of rotatable bonds is 4. The maximum absolute atomic E-state index is 11.3. The quantitative estimate of drug-likeness (QED) is 0.596. The molecule has 0 bridgehead atoms. The number of alkyl halides is 1. The van der Waals surface area contributed by atoms with Crippen LogP contribution in [0.1, 0.15) is 25.3 Å². The van der Waals surface area contributed by atoms with Crippen molar-refractivity contribution < 1.29 is 9.53 Å². The molecule has 0 aliphatic carbocycles. The summed E-state index contributed by atoms with van der Waals surface area (Å²) in [4.78, 5) is 10.5. The summed E-state index contributed by atoms with van der Waals surface area (Å²) < 4.78 is 5.10. The summed E-state index contributed by atoms with van der Waals surface area (Å²) in [5.41, 5.74) is 1.25. The largest absolute Gasteiger partial charge is 0.458 e. The second kappa shape index (κ2) is 4.46. The summed E-state index contributed by atoms with van der Waals surface area (Å²) in [6, 6.07) is 10.2. The SMILES string of the molecule is CC[C@@]1(Cl)C(=O)O[C@H]1CCc1ccccc1. The number of halogens is 1. The van der Waals surface area contributed by atoms with Gasteiger partial charge in [0.15, 0.2) is 4.87 Å². The normalized spacial score (nSPS) is 28.4. The lowest BCUT2D eigenvalue weighted by Gasteiger charge is -2.41. The average Bonchev–Trinajstić information content (AvgIpc) is 2.34. The van der Waals surface area contributed by atoms with Crippen molar-refractivity contribution in [1.82, 2.24) is 0 Å². The van der Waals surface area contributed by atoms with Gasteiger partial charge < -0.3 is 4.74 Å². The molecule has 0 unspecified atom stereocenters. The first-order chi connectivity index (χ1) is 7.66. The molecule has 0 amide bonds. The van der Waals surface area contributed by atoms with E-state index in [1.807, 2.05) is 25.1 Å². The molecule has 16 heavy (non-hydrogen) atoms. The predicted octanol–water partition coefficient (Wildman–Crippen LogP) is 2.93. The van der Waals surface area contributed by atoms with Crippen LogP contribution in [0.15, 0.2) is 30.3 Å². The maximum Gasteiger partial charge on any atom is 0.331 e. The van der Waals surface area contributed by atoms with Crippen molar-refractivity contribution in [2.75, 3.05) is 0 Å². The summed E-state index contributed by atoms with van der Waals surface area (Å²) in [7, 11) is 0. The third-order valence-corrected chi connectivity index (χ3v) is 3.82. The summed E-state index contributed by atoms with van der Waals surface area (Å²) in [6.07, 6.45) is 2.19. The Labute approximate surface area is 101 Å². The van der Waals surface area contributed by atoms with Gasteiger partial charge in [-0.1, -0.05) is 37.3 Å². The van der Waals surface area contributed by atoms with Crippen molar-refractivity contribution in [2.24, 2.45) is 0 Å². The van der Waals surface area contributed by atoms with Crippen LogP contribution in [0, 0.1) is 0 Å². The Kier molecular flexibility index (Phi) is 3.20. The summed E-state index contributed by atoms with van der Waals surface area (Å²) >= 11 is 6.20. The number of cyclic esters (lactones) is 1. The van der Waals surface area contributed by atoms with Gasteiger partial charge in [-0.15, -0.1) is 11.6 Å². The van der Waals surface area contributed by atoms with E-state index in [0.29, 0.717) is 6.42 Å². The van der Waals surface area contributed by atoms with Gasteiger partial charge in [-0.2, -0.15) is 0 Å². The van der Waals surface area contributed by atoms with E-state index >= 15 is 0 Å². The molecule has 1 aromatic rings. The topological polar surface area (TPSA) is 26.3 Å². The van der Waals surface area contributed by atoms with E-state index < -0.39 is 4.87 Å². The zero-order chi connectivity index (χ0) is 11.6. The average molecular weight is 239 g/mol. The number of aryl methyl sites for hydroxylation is 1. The van der Waals surface area contributed by atoms with Crippen LogP contribution in [0.2, 0.25) is 0 Å². The molecule has 3 heteroatoms. The molecule has 0 spiro atoms. The first-order valence-corrected chi connectivity index (χ1v) is 5.98. The van der Waals surface area contributed by atoms with Gasteiger partial charge in [0, 0.05) is 0 Å². The first-order valence-electron chi connectivity index (χ1n) is 5.60. The van der Waals surface area contributed by atoms with Crippen LogP contribution in [0.25, 0.3) is 0 Å². The van der Waals surface area contributed by atoms with Crippen LogP contribution >= 0.6 is 11.6 Å². The maximum atomic E-state index is 11.3. The van der Waals surface area contributed by atoms with Gasteiger partial charge in [0.2, 0.25) is 0 Å². The van der Waals surface area contributed by atoms with Gasteiger partial charge in [0.1, 0.15) is 6.10 Å². The summed E-state index contributed by atoms with van der Waals surface area (Å²) in [5, 5.41) is 0. The highest BCUT2D eigenvalue weighted by molar-refractivity contribution is 6.36. The van der Waals surface area contributed by atoms with Crippen LogP contribution in [0.5, 0.6) is 0 Å². The van der Waals surface area contributed by atoms with Crippen molar-refractivity contribution in [2.45, 2.75) is 37.2 Å². The van der Waals surface area contributed by atoms with Crippen LogP contribution in [0.3, 0.4) is 0 Å². The highest BCUT2D eigenvalue weighted by atomic mass is 35.5. The third-order valence-electron chi connectivity index (χ3n) is 3.15. The Hall–Kier alpha value is -1.02. The van der Waals surface area contributed by atoms with Crippen LogP contribution in [-0.4, -0.2) is 16.9 Å². The molecule has 0 saturated carbocycles. The monoisotopic (exact) mass is 238 g/mol. The molecule has 1 aromatic carbocycles. The number of ether oxygens (including phenoxy) is 1. The van der Waals surface area contributed by atoms with E-state index in [-0.39, 0.29) is 12.1 Å². The van der Waals surface area contributed by atoms with Crippen molar-refractivity contribution in [3.8, 4) is 0 Å². The fourth-order valence-corrected chi connectivity index (χ4v) is 2.19. The Balaban J connectivity index is 1.91. The lowest BCUT2D eigenvalue weighted by molar-refractivity contribution is -0.180. The third kappa shape index (κ3) is 1.94. The van der Waals surface area contributed by atoms with E-state index in [9.17, 15) is 4.79 Å². The lowest BCUT2D eigenvalue weighted by atomic mass is 9.88. The van der Waals surface area contributed by atoms with E-state index in [1.165, 1.54) is 5.56 Å². The van der Waals surface area contributed by atoms with E-state index in [1.54, 1.807) is 0 Å². The predicted molar refractivity (Wildman–Crippen MR) is 63.5 cm³/mol. The van der Waals surface area contributed by atoms with Gasteiger partial charge in [0.05, 0.1) is 0 Å². The molecule has 1 heterocycles. The van der Waals surface area contributed by atoms with Crippen molar-refractivity contribution in [3.05, 3.63) is 35.9 Å².